The van der Waals surface area contributed by atoms with Crippen LogP contribution in [-0.4, -0.2) is 47.2 Å². The Bertz CT molecular complexity index is 975. The number of likely N-dealkylation sites (tertiary alicyclic amines) is 1. The molecule has 5 heteroatoms. The minimum Gasteiger partial charge on any atom is -0.479 e. The second-order valence-electron chi connectivity index (χ2n) is 7.71. The lowest BCUT2D eigenvalue weighted by atomic mass is 9.96. The van der Waals surface area contributed by atoms with E-state index in [4.69, 9.17) is 4.74 Å². The number of carbonyl (C=O) groups excluding carboxylic acids is 2. The third-order valence-corrected chi connectivity index (χ3v) is 5.91. The predicted octanol–water partition coefficient (Wildman–Crippen LogP) is 3.14. The Hall–Kier alpha value is -2.79. The molecule has 5 nitrogen and oxygen atoms in total. The van der Waals surface area contributed by atoms with Crippen molar-refractivity contribution in [3.8, 4) is 0 Å². The molecule has 1 atom stereocenters. The van der Waals surface area contributed by atoms with E-state index in [9.17, 15) is 9.59 Å². The summed E-state index contributed by atoms with van der Waals surface area (Å²) in [5.74, 6) is 0.854. The van der Waals surface area contributed by atoms with E-state index in [-0.39, 0.29) is 11.6 Å². The van der Waals surface area contributed by atoms with Crippen molar-refractivity contribution in [3.63, 3.8) is 0 Å². The van der Waals surface area contributed by atoms with Gasteiger partial charge in [0.15, 0.2) is 11.9 Å². The lowest BCUT2D eigenvalue weighted by Gasteiger charge is -2.19. The first kappa shape index (κ1) is 17.3. The van der Waals surface area contributed by atoms with Crippen LogP contribution >= 0.6 is 0 Å². The van der Waals surface area contributed by atoms with E-state index >= 15 is 0 Å². The van der Waals surface area contributed by atoms with Gasteiger partial charge in [0.2, 0.25) is 5.78 Å². The molecule has 1 aliphatic carbocycles. The number of carbonyl (C=O) groups is 2. The minimum absolute atomic E-state index is 0.0321. The van der Waals surface area contributed by atoms with E-state index in [1.54, 1.807) is 12.4 Å². The van der Waals surface area contributed by atoms with Crippen molar-refractivity contribution in [1.82, 2.24) is 9.88 Å². The lowest BCUT2D eigenvalue weighted by molar-refractivity contribution is -0.120. The highest BCUT2D eigenvalue weighted by Crippen LogP contribution is 2.38. The van der Waals surface area contributed by atoms with Crippen LogP contribution in [0.4, 0.5) is 0 Å². The van der Waals surface area contributed by atoms with E-state index in [0.29, 0.717) is 24.3 Å². The lowest BCUT2D eigenvalue weighted by Crippen LogP contribution is -2.34. The number of aromatic nitrogens is 1. The van der Waals surface area contributed by atoms with Crippen LogP contribution in [0.1, 0.15) is 46.3 Å². The molecule has 5 rings (SSSR count). The van der Waals surface area contributed by atoms with Crippen molar-refractivity contribution >= 4 is 22.9 Å². The molecule has 0 radical (unpaired) electrons. The van der Waals surface area contributed by atoms with E-state index in [1.807, 2.05) is 30.3 Å². The van der Waals surface area contributed by atoms with Crippen LogP contribution in [0.5, 0.6) is 0 Å². The number of aryl methyl sites for hydroxylation is 1. The smallest absolute Gasteiger partial charge is 0.208 e. The fraction of sp³-hybridized carbons (Fsp3) is 0.348. The zero-order valence-electron chi connectivity index (χ0n) is 15.7. The van der Waals surface area contributed by atoms with Crippen molar-refractivity contribution in [1.29, 1.82) is 0 Å². The molecule has 0 spiro atoms. The quantitative estimate of drug-likeness (QED) is 0.823. The van der Waals surface area contributed by atoms with Crippen LogP contribution < -0.4 is 0 Å². The van der Waals surface area contributed by atoms with E-state index in [2.05, 4.69) is 9.88 Å². The third kappa shape index (κ3) is 2.96. The molecule has 1 unspecified atom stereocenters. The number of ketones is 2. The van der Waals surface area contributed by atoms with Crippen molar-refractivity contribution < 1.29 is 14.3 Å². The first-order valence-corrected chi connectivity index (χ1v) is 9.95. The van der Waals surface area contributed by atoms with E-state index in [1.165, 1.54) is 12.8 Å². The first-order chi connectivity index (χ1) is 13.7. The van der Waals surface area contributed by atoms with Gasteiger partial charge in [-0.1, -0.05) is 12.1 Å². The summed E-state index contributed by atoms with van der Waals surface area (Å²) in [6.45, 7) is 2.67. The number of rotatable bonds is 4. The van der Waals surface area contributed by atoms with Gasteiger partial charge < -0.3 is 4.74 Å². The highest BCUT2D eigenvalue weighted by molar-refractivity contribution is 6.31. The summed E-state index contributed by atoms with van der Waals surface area (Å²) < 4.78 is 6.26. The van der Waals surface area contributed by atoms with Crippen LogP contribution in [0.3, 0.4) is 0 Å². The number of benzene rings is 1. The van der Waals surface area contributed by atoms with Gasteiger partial charge in [0.1, 0.15) is 5.76 Å². The van der Waals surface area contributed by atoms with Crippen molar-refractivity contribution in [3.05, 3.63) is 65.0 Å². The Morgan fingerprint density at radius 1 is 1.00 bits per heavy atom. The fourth-order valence-electron chi connectivity index (χ4n) is 4.45. The maximum absolute atomic E-state index is 13.3. The molecule has 28 heavy (non-hydrogen) atoms. The second kappa shape index (κ2) is 6.99. The molecule has 2 aliphatic heterocycles. The van der Waals surface area contributed by atoms with Gasteiger partial charge in [-0.05, 0) is 61.7 Å². The molecule has 142 valence electrons. The van der Waals surface area contributed by atoms with Gasteiger partial charge in [0, 0.05) is 36.5 Å². The van der Waals surface area contributed by atoms with Gasteiger partial charge in [0.25, 0.3) is 0 Å². The van der Waals surface area contributed by atoms with Crippen LogP contribution in [0.15, 0.2) is 42.7 Å². The first-order valence-electron chi connectivity index (χ1n) is 9.95. The van der Waals surface area contributed by atoms with Gasteiger partial charge in [-0.25, -0.2) is 0 Å². The normalized spacial score (nSPS) is 22.1. The Balaban J connectivity index is 1.54. The van der Waals surface area contributed by atoms with Crippen molar-refractivity contribution in [2.75, 3.05) is 19.6 Å². The minimum atomic E-state index is -0.480. The van der Waals surface area contributed by atoms with Gasteiger partial charge in [-0.2, -0.15) is 0 Å². The average molecular weight is 374 g/mol. The summed E-state index contributed by atoms with van der Waals surface area (Å²) >= 11 is 0. The molecule has 0 N–H and O–H groups in total. The molecule has 0 saturated carbocycles. The highest BCUT2D eigenvalue weighted by atomic mass is 16.5. The molecule has 3 heterocycles. The molecule has 1 aromatic carbocycles. The number of hydrogen-bond donors (Lipinski definition) is 0. The topological polar surface area (TPSA) is 59.5 Å². The van der Waals surface area contributed by atoms with Crippen molar-refractivity contribution in [2.24, 2.45) is 0 Å². The Morgan fingerprint density at radius 2 is 1.79 bits per heavy atom. The number of fused-ring (bicyclic) bond motifs is 1. The van der Waals surface area contributed by atoms with E-state index < -0.39 is 6.10 Å². The molecule has 0 amide bonds. The number of ether oxygens (including phenoxy) is 1. The summed E-state index contributed by atoms with van der Waals surface area (Å²) in [7, 11) is 0. The van der Waals surface area contributed by atoms with Crippen molar-refractivity contribution in [2.45, 2.75) is 31.8 Å². The molecule has 3 aliphatic rings. The molecule has 1 aromatic heterocycles. The molecular formula is C23H22N2O3. The van der Waals surface area contributed by atoms with E-state index in [0.717, 1.165) is 41.8 Å². The summed E-state index contributed by atoms with van der Waals surface area (Å²) in [4.78, 5) is 31.6. The van der Waals surface area contributed by atoms with Crippen LogP contribution in [-0.2, 0) is 16.0 Å². The maximum atomic E-state index is 13.3. The molecular weight excluding hydrogens is 352 g/mol. The molecule has 1 fully saturated rings. The number of Topliss-reactive ketones (excluding diaryl/α,β-unsaturated/α-hetero) is 2. The zero-order chi connectivity index (χ0) is 19.1. The maximum Gasteiger partial charge on any atom is 0.208 e. The number of pyridine rings is 1. The molecule has 0 bridgehead atoms. The Morgan fingerprint density at radius 3 is 2.57 bits per heavy atom. The third-order valence-electron chi connectivity index (χ3n) is 5.91. The molecule has 2 aromatic rings. The zero-order valence-corrected chi connectivity index (χ0v) is 15.7. The molecule has 1 saturated heterocycles. The predicted molar refractivity (Wildman–Crippen MR) is 106 cm³/mol. The van der Waals surface area contributed by atoms with Crippen LogP contribution in [0, 0.1) is 0 Å². The monoisotopic (exact) mass is 374 g/mol. The number of hydrogen-bond acceptors (Lipinski definition) is 5. The number of nitrogens with zero attached hydrogens (tertiary/aromatic N) is 2. The van der Waals surface area contributed by atoms with Gasteiger partial charge >= 0.3 is 0 Å². The summed E-state index contributed by atoms with van der Waals surface area (Å²) in [5.41, 5.74) is 4.17. The van der Waals surface area contributed by atoms with Gasteiger partial charge in [-0.3, -0.25) is 19.5 Å². The Kier molecular flexibility index (Phi) is 4.32. The van der Waals surface area contributed by atoms with Crippen LogP contribution in [0.25, 0.3) is 11.3 Å². The average Bonchev–Trinajstić information content (AvgIpc) is 3.44. The largest absolute Gasteiger partial charge is 0.479 e. The summed E-state index contributed by atoms with van der Waals surface area (Å²) in [6.07, 6.45) is 6.59. The van der Waals surface area contributed by atoms with Crippen LogP contribution in [0.2, 0.25) is 0 Å². The summed E-state index contributed by atoms with van der Waals surface area (Å²) in [6, 6.07) is 9.50. The van der Waals surface area contributed by atoms with Gasteiger partial charge in [-0.15, -0.1) is 0 Å². The van der Waals surface area contributed by atoms with Gasteiger partial charge in [0.05, 0.1) is 5.57 Å². The fourth-order valence-corrected chi connectivity index (χ4v) is 4.45. The highest BCUT2D eigenvalue weighted by Gasteiger charge is 2.38. The second-order valence-corrected chi connectivity index (χ2v) is 7.71. The SMILES string of the molecule is O=C1CCc2cc(C3=C(c4ccncc4)C(=O)C(CN4CCCC4)O3)ccc21. The Labute approximate surface area is 164 Å². The standard InChI is InChI=1S/C23H22N2O3/c26-19-6-4-16-13-17(3-5-18(16)19)23-21(15-7-9-24-10-8-15)22(27)20(28-23)14-25-11-1-2-12-25/h3,5,7-10,13,20H,1-2,4,6,11-12,14H2. The summed E-state index contributed by atoms with van der Waals surface area (Å²) in [5, 5.41) is 0.